The summed E-state index contributed by atoms with van der Waals surface area (Å²) in [6, 6.07) is 22.3. The number of methoxy groups -OCH3 is 1. The van der Waals surface area contributed by atoms with Crippen LogP contribution in [-0.4, -0.2) is 18.1 Å². The van der Waals surface area contributed by atoms with E-state index in [1.807, 2.05) is 12.1 Å². The number of carbonyl (C=O) groups excluding carboxylic acids is 1. The van der Waals surface area contributed by atoms with Crippen LogP contribution in [0.3, 0.4) is 0 Å². The molecule has 0 bridgehead atoms. The number of aromatic amines is 1. The molecule has 1 aromatic heterocycles. The zero-order valence-electron chi connectivity index (χ0n) is 13.7. The number of hydrogen-bond donors (Lipinski definition) is 1. The van der Waals surface area contributed by atoms with E-state index < -0.39 is 5.97 Å². The van der Waals surface area contributed by atoms with Crippen molar-refractivity contribution in [2.24, 2.45) is 0 Å². The molecule has 0 aliphatic heterocycles. The Kier molecular flexibility index (Phi) is 6.08. The highest BCUT2D eigenvalue weighted by Gasteiger charge is 2.09. The third-order valence-corrected chi connectivity index (χ3v) is 3.50. The minimum atomic E-state index is -0.487. The first-order chi connectivity index (χ1) is 11.6. The van der Waals surface area contributed by atoms with Crippen LogP contribution in [0.15, 0.2) is 77.7 Å². The molecular weight excluding hydrogens is 302 g/mol. The Balaban J connectivity index is 0.000000174. The summed E-state index contributed by atoms with van der Waals surface area (Å²) in [5.41, 5.74) is 2.97. The molecule has 0 amide bonds. The Bertz CT molecular complexity index is 802. The van der Waals surface area contributed by atoms with E-state index in [4.69, 9.17) is 0 Å². The Hall–Kier alpha value is -3.14. The minimum absolute atomic E-state index is 0.266. The summed E-state index contributed by atoms with van der Waals surface area (Å²) >= 11 is 0. The molecule has 0 fully saturated rings. The molecule has 1 heterocycles. The highest BCUT2D eigenvalue weighted by Crippen LogP contribution is 2.17. The van der Waals surface area contributed by atoms with Gasteiger partial charge in [-0.3, -0.25) is 4.79 Å². The largest absolute Gasteiger partial charge is 0.465 e. The number of benzene rings is 2. The Morgan fingerprint density at radius 2 is 1.38 bits per heavy atom. The lowest BCUT2D eigenvalue weighted by molar-refractivity contribution is 0.0599. The smallest absolute Gasteiger partial charge is 0.338 e. The number of hydrogen-bond acceptors (Lipinski definition) is 3. The lowest BCUT2D eigenvalue weighted by Gasteiger charge is -2.00. The molecule has 2 aromatic carbocycles. The fraction of sp³-hybridized carbons (Fsp3) is 0.100. The van der Waals surface area contributed by atoms with Crippen molar-refractivity contribution in [1.82, 2.24) is 4.98 Å². The van der Waals surface area contributed by atoms with Crippen LogP contribution in [0.5, 0.6) is 0 Å². The number of nitrogens with one attached hydrogen (secondary N) is 1. The van der Waals surface area contributed by atoms with Crippen molar-refractivity contribution in [3.8, 4) is 11.1 Å². The number of carbonyl (C=O) groups is 1. The van der Waals surface area contributed by atoms with Gasteiger partial charge in [-0.15, -0.1) is 0 Å². The molecule has 4 nitrogen and oxygen atoms in total. The maximum atomic E-state index is 11.0. The van der Waals surface area contributed by atoms with Gasteiger partial charge in [-0.1, -0.05) is 60.7 Å². The zero-order chi connectivity index (χ0) is 17.4. The van der Waals surface area contributed by atoms with Crippen LogP contribution >= 0.6 is 0 Å². The summed E-state index contributed by atoms with van der Waals surface area (Å²) in [4.78, 5) is 24.5. The molecule has 24 heavy (non-hydrogen) atoms. The number of esters is 1. The molecule has 0 spiro atoms. The summed E-state index contributed by atoms with van der Waals surface area (Å²) in [6.07, 6.45) is 1.42. The lowest BCUT2D eigenvalue weighted by atomic mass is 10.1. The summed E-state index contributed by atoms with van der Waals surface area (Å²) in [6.45, 7) is 1.57. The molecule has 1 N–H and O–H groups in total. The highest BCUT2D eigenvalue weighted by molar-refractivity contribution is 5.90. The maximum Gasteiger partial charge on any atom is 0.338 e. The van der Waals surface area contributed by atoms with E-state index in [9.17, 15) is 9.59 Å². The monoisotopic (exact) mass is 321 g/mol. The molecule has 0 atom stereocenters. The Morgan fingerprint density at radius 3 is 1.83 bits per heavy atom. The van der Waals surface area contributed by atoms with Gasteiger partial charge in [-0.2, -0.15) is 0 Å². The molecule has 0 aliphatic carbocycles. The fourth-order valence-electron chi connectivity index (χ4n) is 2.15. The second-order valence-corrected chi connectivity index (χ2v) is 5.07. The molecule has 3 aromatic rings. The Morgan fingerprint density at radius 1 is 0.875 bits per heavy atom. The first kappa shape index (κ1) is 17.2. The number of ether oxygens (including phenoxy) is 1. The van der Waals surface area contributed by atoms with E-state index in [0.717, 1.165) is 0 Å². The van der Waals surface area contributed by atoms with Gasteiger partial charge >= 0.3 is 5.97 Å². The molecule has 122 valence electrons. The standard InChI is InChI=1S/C12H10.C8H9NO3/c1-3-7-11(8-4-1)12-9-5-2-6-10-12;1-5-6(8(11)12-2)3-4-9-7(5)10/h1-10H;3-4H,1-2H3,(H,9,10). The molecule has 0 unspecified atom stereocenters. The van der Waals surface area contributed by atoms with Crippen molar-refractivity contribution in [2.45, 2.75) is 6.92 Å². The summed E-state index contributed by atoms with van der Waals surface area (Å²) in [5.74, 6) is -0.487. The van der Waals surface area contributed by atoms with E-state index in [1.54, 1.807) is 6.92 Å². The molecule has 0 saturated carbocycles. The summed E-state index contributed by atoms with van der Waals surface area (Å²) in [5, 5.41) is 0. The van der Waals surface area contributed by atoms with E-state index >= 15 is 0 Å². The normalized spacial score (nSPS) is 9.58. The van der Waals surface area contributed by atoms with E-state index in [0.29, 0.717) is 11.1 Å². The van der Waals surface area contributed by atoms with E-state index in [1.165, 1.54) is 30.5 Å². The van der Waals surface area contributed by atoms with Gasteiger partial charge in [0.1, 0.15) is 0 Å². The van der Waals surface area contributed by atoms with Crippen molar-refractivity contribution < 1.29 is 9.53 Å². The van der Waals surface area contributed by atoms with Crippen LogP contribution in [0.4, 0.5) is 0 Å². The fourth-order valence-corrected chi connectivity index (χ4v) is 2.15. The first-order valence-corrected chi connectivity index (χ1v) is 7.50. The molecule has 0 aliphatic rings. The number of H-pyrrole nitrogens is 1. The average Bonchev–Trinajstić information content (AvgIpc) is 2.65. The lowest BCUT2D eigenvalue weighted by Crippen LogP contribution is -2.15. The predicted molar refractivity (Wildman–Crippen MR) is 95.0 cm³/mol. The van der Waals surface area contributed by atoms with Gasteiger partial charge in [0.25, 0.3) is 5.56 Å². The van der Waals surface area contributed by atoms with Crippen molar-refractivity contribution in [2.75, 3.05) is 7.11 Å². The first-order valence-electron chi connectivity index (χ1n) is 7.50. The summed E-state index contributed by atoms with van der Waals surface area (Å²) in [7, 11) is 1.28. The molecule has 3 rings (SSSR count). The van der Waals surface area contributed by atoms with Crippen LogP contribution < -0.4 is 5.56 Å². The minimum Gasteiger partial charge on any atom is -0.465 e. The highest BCUT2D eigenvalue weighted by atomic mass is 16.5. The van der Waals surface area contributed by atoms with Gasteiger partial charge in [0.15, 0.2) is 0 Å². The Labute approximate surface area is 140 Å². The molecule has 0 saturated heterocycles. The van der Waals surface area contributed by atoms with Crippen LogP contribution in [0.2, 0.25) is 0 Å². The third-order valence-electron chi connectivity index (χ3n) is 3.50. The number of pyridine rings is 1. The van der Waals surface area contributed by atoms with Gasteiger partial charge in [-0.05, 0) is 24.1 Å². The molecule has 0 radical (unpaired) electrons. The van der Waals surface area contributed by atoms with Crippen molar-refractivity contribution in [3.63, 3.8) is 0 Å². The number of aromatic nitrogens is 1. The maximum absolute atomic E-state index is 11.0. The summed E-state index contributed by atoms with van der Waals surface area (Å²) < 4.78 is 4.48. The van der Waals surface area contributed by atoms with E-state index in [-0.39, 0.29) is 5.56 Å². The van der Waals surface area contributed by atoms with Gasteiger partial charge in [0, 0.05) is 11.8 Å². The van der Waals surface area contributed by atoms with Crippen molar-refractivity contribution >= 4 is 5.97 Å². The second-order valence-electron chi connectivity index (χ2n) is 5.07. The number of rotatable bonds is 2. The zero-order valence-corrected chi connectivity index (χ0v) is 13.7. The van der Waals surface area contributed by atoms with Gasteiger partial charge < -0.3 is 9.72 Å². The van der Waals surface area contributed by atoms with Crippen molar-refractivity contribution in [1.29, 1.82) is 0 Å². The van der Waals surface area contributed by atoms with Crippen LogP contribution in [0, 0.1) is 6.92 Å². The van der Waals surface area contributed by atoms with E-state index in [2.05, 4.69) is 58.3 Å². The quantitative estimate of drug-likeness (QED) is 0.730. The molecule has 4 heteroatoms. The second kappa shape index (κ2) is 8.48. The van der Waals surface area contributed by atoms with Crippen LogP contribution in [-0.2, 0) is 4.74 Å². The predicted octanol–water partition coefficient (Wildman–Crippen LogP) is 3.82. The molecular formula is C20H19NO3. The van der Waals surface area contributed by atoms with Crippen LogP contribution in [0.1, 0.15) is 15.9 Å². The van der Waals surface area contributed by atoms with Gasteiger partial charge in [-0.25, -0.2) is 4.79 Å². The van der Waals surface area contributed by atoms with Crippen molar-refractivity contribution in [3.05, 3.63) is 94.4 Å². The van der Waals surface area contributed by atoms with Crippen LogP contribution in [0.25, 0.3) is 11.1 Å². The van der Waals surface area contributed by atoms with Gasteiger partial charge in [0.2, 0.25) is 0 Å². The topological polar surface area (TPSA) is 59.2 Å². The third kappa shape index (κ3) is 4.43. The SMILES string of the molecule is COC(=O)c1cc[nH]c(=O)c1C.c1ccc(-c2ccccc2)cc1. The average molecular weight is 321 g/mol. The van der Waals surface area contributed by atoms with Gasteiger partial charge in [0.05, 0.1) is 12.7 Å².